The number of carboxylic acid groups (broad SMARTS) is 1. The fourth-order valence-electron chi connectivity index (χ4n) is 1.37. The van der Waals surface area contributed by atoms with Gasteiger partial charge in [-0.25, -0.2) is 0 Å². The Morgan fingerprint density at radius 1 is 1.38 bits per heavy atom. The maximum absolute atomic E-state index is 10.9. The lowest BCUT2D eigenvalue weighted by molar-refractivity contribution is -0.143. The number of hydrogen-bond acceptors (Lipinski definition) is 2. The second-order valence-electron chi connectivity index (χ2n) is 3.48. The van der Waals surface area contributed by atoms with E-state index in [0.717, 1.165) is 32.2 Å². The Bertz CT molecular complexity index is 148. The van der Waals surface area contributed by atoms with Crippen molar-refractivity contribution in [3.63, 3.8) is 0 Å². The summed E-state index contributed by atoms with van der Waals surface area (Å²) in [7, 11) is 1.89. The van der Waals surface area contributed by atoms with Gasteiger partial charge in [-0.15, -0.1) is 0 Å². The van der Waals surface area contributed by atoms with E-state index in [1.807, 2.05) is 18.9 Å². The SMILES string of the molecule is CCCCN(C)C(CCC)C(=O)O. The van der Waals surface area contributed by atoms with E-state index in [1.165, 1.54) is 0 Å². The van der Waals surface area contributed by atoms with Crippen LogP contribution in [-0.2, 0) is 4.79 Å². The number of nitrogens with zero attached hydrogens (tertiary/aromatic N) is 1. The molecule has 0 aromatic rings. The van der Waals surface area contributed by atoms with Crippen LogP contribution in [0.4, 0.5) is 0 Å². The molecule has 1 N–H and O–H groups in total. The lowest BCUT2D eigenvalue weighted by Gasteiger charge is -2.23. The molecule has 0 aliphatic carbocycles. The van der Waals surface area contributed by atoms with Crippen LogP contribution in [0.3, 0.4) is 0 Å². The molecule has 0 spiro atoms. The van der Waals surface area contributed by atoms with Gasteiger partial charge in [0.15, 0.2) is 0 Å². The first-order valence-electron chi connectivity index (χ1n) is 5.06. The number of carboxylic acids is 1. The molecular formula is C10H21NO2. The topological polar surface area (TPSA) is 40.5 Å². The predicted octanol–water partition coefficient (Wildman–Crippen LogP) is 1.97. The van der Waals surface area contributed by atoms with Crippen molar-refractivity contribution in [1.29, 1.82) is 0 Å². The minimum atomic E-state index is -0.694. The Labute approximate surface area is 80.7 Å². The van der Waals surface area contributed by atoms with E-state index in [9.17, 15) is 4.79 Å². The van der Waals surface area contributed by atoms with Crippen molar-refractivity contribution < 1.29 is 9.90 Å². The summed E-state index contributed by atoms with van der Waals surface area (Å²) in [4.78, 5) is 12.8. The Balaban J connectivity index is 3.95. The molecule has 78 valence electrons. The minimum absolute atomic E-state index is 0.295. The zero-order chi connectivity index (χ0) is 10.3. The van der Waals surface area contributed by atoms with Crippen molar-refractivity contribution in [1.82, 2.24) is 4.90 Å². The molecule has 0 bridgehead atoms. The van der Waals surface area contributed by atoms with Gasteiger partial charge >= 0.3 is 5.97 Å². The van der Waals surface area contributed by atoms with Crippen LogP contribution in [0.25, 0.3) is 0 Å². The Kier molecular flexibility index (Phi) is 6.59. The molecule has 0 fully saturated rings. The highest BCUT2D eigenvalue weighted by Gasteiger charge is 2.20. The van der Waals surface area contributed by atoms with Crippen LogP contribution in [-0.4, -0.2) is 35.6 Å². The molecule has 1 atom stereocenters. The summed E-state index contributed by atoms with van der Waals surface area (Å²) in [6.45, 7) is 5.01. The van der Waals surface area contributed by atoms with Crippen LogP contribution in [0.5, 0.6) is 0 Å². The number of hydrogen-bond donors (Lipinski definition) is 1. The fraction of sp³-hybridized carbons (Fsp3) is 0.900. The van der Waals surface area contributed by atoms with Crippen molar-refractivity contribution >= 4 is 5.97 Å². The molecule has 0 radical (unpaired) electrons. The quantitative estimate of drug-likeness (QED) is 0.662. The first kappa shape index (κ1) is 12.4. The molecule has 1 unspecified atom stereocenters. The van der Waals surface area contributed by atoms with Crippen LogP contribution in [0.15, 0.2) is 0 Å². The average Bonchev–Trinajstić information content (AvgIpc) is 2.09. The predicted molar refractivity (Wildman–Crippen MR) is 53.9 cm³/mol. The minimum Gasteiger partial charge on any atom is -0.480 e. The summed E-state index contributed by atoms with van der Waals surface area (Å²) >= 11 is 0. The number of carbonyl (C=O) groups is 1. The number of aliphatic carboxylic acids is 1. The number of rotatable bonds is 7. The van der Waals surface area contributed by atoms with Gasteiger partial charge in [0, 0.05) is 0 Å². The van der Waals surface area contributed by atoms with Crippen molar-refractivity contribution in [3.05, 3.63) is 0 Å². The highest BCUT2D eigenvalue weighted by molar-refractivity contribution is 5.73. The van der Waals surface area contributed by atoms with Gasteiger partial charge in [-0.1, -0.05) is 26.7 Å². The van der Waals surface area contributed by atoms with E-state index in [-0.39, 0.29) is 6.04 Å². The van der Waals surface area contributed by atoms with Gasteiger partial charge in [-0.3, -0.25) is 9.69 Å². The largest absolute Gasteiger partial charge is 0.480 e. The summed E-state index contributed by atoms with van der Waals surface area (Å²) in [5.41, 5.74) is 0. The number of likely N-dealkylation sites (N-methyl/N-ethyl adjacent to an activating group) is 1. The van der Waals surface area contributed by atoms with Gasteiger partial charge in [0.2, 0.25) is 0 Å². The second kappa shape index (κ2) is 6.89. The highest BCUT2D eigenvalue weighted by Crippen LogP contribution is 2.06. The van der Waals surface area contributed by atoms with E-state index in [0.29, 0.717) is 0 Å². The van der Waals surface area contributed by atoms with Crippen molar-refractivity contribution in [2.45, 2.75) is 45.6 Å². The summed E-state index contributed by atoms with van der Waals surface area (Å²) in [5.74, 6) is -0.694. The van der Waals surface area contributed by atoms with Crippen molar-refractivity contribution in [3.8, 4) is 0 Å². The van der Waals surface area contributed by atoms with E-state index in [2.05, 4.69) is 6.92 Å². The van der Waals surface area contributed by atoms with Gasteiger partial charge in [0.05, 0.1) is 0 Å². The lowest BCUT2D eigenvalue weighted by Crippen LogP contribution is -2.38. The Morgan fingerprint density at radius 3 is 2.38 bits per heavy atom. The first-order valence-corrected chi connectivity index (χ1v) is 5.06. The van der Waals surface area contributed by atoms with Crippen LogP contribution in [0, 0.1) is 0 Å². The van der Waals surface area contributed by atoms with Crippen LogP contribution in [0.1, 0.15) is 39.5 Å². The van der Waals surface area contributed by atoms with E-state index >= 15 is 0 Å². The molecule has 0 rings (SSSR count). The van der Waals surface area contributed by atoms with E-state index in [1.54, 1.807) is 0 Å². The average molecular weight is 187 g/mol. The van der Waals surface area contributed by atoms with Crippen LogP contribution in [0.2, 0.25) is 0 Å². The third kappa shape index (κ3) is 4.88. The zero-order valence-corrected chi connectivity index (χ0v) is 8.92. The zero-order valence-electron chi connectivity index (χ0n) is 8.92. The van der Waals surface area contributed by atoms with Gasteiger partial charge in [0.1, 0.15) is 6.04 Å². The molecule has 0 aromatic carbocycles. The van der Waals surface area contributed by atoms with Crippen LogP contribution < -0.4 is 0 Å². The normalized spacial score (nSPS) is 13.2. The Morgan fingerprint density at radius 2 is 2.00 bits per heavy atom. The molecular weight excluding hydrogens is 166 g/mol. The summed E-state index contributed by atoms with van der Waals surface area (Å²) in [5, 5.41) is 8.93. The molecule has 3 nitrogen and oxygen atoms in total. The van der Waals surface area contributed by atoms with E-state index in [4.69, 9.17) is 5.11 Å². The standard InChI is InChI=1S/C10H21NO2/c1-4-6-8-11(3)9(7-5-2)10(12)13/h9H,4-8H2,1-3H3,(H,12,13). The molecule has 0 saturated carbocycles. The molecule has 0 aromatic heterocycles. The fourth-order valence-corrected chi connectivity index (χ4v) is 1.37. The van der Waals surface area contributed by atoms with Gasteiger partial charge in [0.25, 0.3) is 0 Å². The summed E-state index contributed by atoms with van der Waals surface area (Å²) in [6, 6.07) is -0.295. The summed E-state index contributed by atoms with van der Waals surface area (Å²) < 4.78 is 0. The van der Waals surface area contributed by atoms with Crippen molar-refractivity contribution in [2.75, 3.05) is 13.6 Å². The van der Waals surface area contributed by atoms with Gasteiger partial charge < -0.3 is 5.11 Å². The highest BCUT2D eigenvalue weighted by atomic mass is 16.4. The van der Waals surface area contributed by atoms with Crippen LogP contribution >= 0.6 is 0 Å². The van der Waals surface area contributed by atoms with Gasteiger partial charge in [-0.05, 0) is 26.4 Å². The first-order chi connectivity index (χ1) is 6.13. The molecule has 0 aliphatic rings. The number of unbranched alkanes of at least 4 members (excludes halogenated alkanes) is 1. The van der Waals surface area contributed by atoms with Crippen molar-refractivity contribution in [2.24, 2.45) is 0 Å². The maximum Gasteiger partial charge on any atom is 0.320 e. The van der Waals surface area contributed by atoms with E-state index < -0.39 is 5.97 Å². The smallest absolute Gasteiger partial charge is 0.320 e. The molecule has 0 heterocycles. The molecule has 0 saturated heterocycles. The third-order valence-electron chi connectivity index (χ3n) is 2.24. The maximum atomic E-state index is 10.9. The molecule has 0 amide bonds. The molecule has 13 heavy (non-hydrogen) atoms. The lowest BCUT2D eigenvalue weighted by atomic mass is 10.1. The second-order valence-corrected chi connectivity index (χ2v) is 3.48. The van der Waals surface area contributed by atoms with Gasteiger partial charge in [-0.2, -0.15) is 0 Å². The summed E-state index contributed by atoms with van der Waals surface area (Å²) in [6.07, 6.45) is 3.86. The molecule has 0 aliphatic heterocycles. The molecule has 3 heteroatoms. The Hall–Kier alpha value is -0.570. The third-order valence-corrected chi connectivity index (χ3v) is 2.24. The monoisotopic (exact) mass is 187 g/mol.